The Hall–Kier alpha value is -1.67. The Morgan fingerprint density at radius 3 is 2.77 bits per heavy atom. The van der Waals surface area contributed by atoms with Crippen molar-refractivity contribution in [3.8, 4) is 0 Å². The van der Waals surface area contributed by atoms with Crippen molar-refractivity contribution in [2.24, 2.45) is 0 Å². The van der Waals surface area contributed by atoms with Crippen LogP contribution < -0.4 is 10.6 Å². The quantitative estimate of drug-likeness (QED) is 0.563. The summed E-state index contributed by atoms with van der Waals surface area (Å²) in [6.07, 6.45) is 0.678. The highest BCUT2D eigenvalue weighted by Gasteiger charge is 2.21. The van der Waals surface area contributed by atoms with Crippen LogP contribution in [0.3, 0.4) is 0 Å². The molecule has 1 fully saturated rings. The summed E-state index contributed by atoms with van der Waals surface area (Å²) in [6.45, 7) is 6.58. The standard InChI is InChI=1S/C18H26ClN3O4/c1-13-3-4-14(19)11-15(13)21-17(23)12-16(18(24)25)20-5-2-6-22-7-9-26-10-8-22/h3-4,11,16,20H,2,5-10,12H2,1H3,(H,21,23)(H,24,25). The lowest BCUT2D eigenvalue weighted by atomic mass is 10.1. The van der Waals surface area contributed by atoms with Crippen LogP contribution in [0.15, 0.2) is 18.2 Å². The first-order valence-electron chi connectivity index (χ1n) is 8.78. The van der Waals surface area contributed by atoms with Crippen molar-refractivity contribution in [2.45, 2.75) is 25.8 Å². The van der Waals surface area contributed by atoms with E-state index < -0.39 is 12.0 Å². The molecule has 26 heavy (non-hydrogen) atoms. The smallest absolute Gasteiger partial charge is 0.321 e. The minimum atomic E-state index is -1.03. The average molecular weight is 384 g/mol. The molecule has 1 saturated heterocycles. The fraction of sp³-hybridized carbons (Fsp3) is 0.556. The monoisotopic (exact) mass is 383 g/mol. The first kappa shape index (κ1) is 20.6. The van der Waals surface area contributed by atoms with E-state index in [2.05, 4.69) is 15.5 Å². The van der Waals surface area contributed by atoms with Crippen LogP contribution in [0.2, 0.25) is 5.02 Å². The van der Waals surface area contributed by atoms with Gasteiger partial charge in [-0.25, -0.2) is 0 Å². The summed E-state index contributed by atoms with van der Waals surface area (Å²) in [7, 11) is 0. The Balaban J connectivity index is 1.76. The molecular formula is C18H26ClN3O4. The number of halogens is 1. The summed E-state index contributed by atoms with van der Waals surface area (Å²) in [6, 6.07) is 4.28. The van der Waals surface area contributed by atoms with E-state index in [1.54, 1.807) is 18.2 Å². The molecule has 3 N–H and O–H groups in total. The van der Waals surface area contributed by atoms with E-state index in [1.807, 2.05) is 6.92 Å². The van der Waals surface area contributed by atoms with Gasteiger partial charge in [-0.15, -0.1) is 0 Å². The van der Waals surface area contributed by atoms with E-state index in [9.17, 15) is 14.7 Å². The van der Waals surface area contributed by atoms with E-state index in [0.29, 0.717) is 17.3 Å². The number of ether oxygens (including phenoxy) is 1. The third kappa shape index (κ3) is 6.92. The van der Waals surface area contributed by atoms with Crippen molar-refractivity contribution in [1.29, 1.82) is 0 Å². The number of morpholine rings is 1. The second-order valence-corrected chi connectivity index (χ2v) is 6.80. The highest BCUT2D eigenvalue weighted by Crippen LogP contribution is 2.20. The van der Waals surface area contributed by atoms with Gasteiger partial charge in [-0.05, 0) is 44.1 Å². The number of hydrogen-bond donors (Lipinski definition) is 3. The SMILES string of the molecule is Cc1ccc(Cl)cc1NC(=O)CC(NCCCN1CCOCC1)C(=O)O. The Labute approximate surface area is 158 Å². The number of benzene rings is 1. The van der Waals surface area contributed by atoms with Crippen LogP contribution >= 0.6 is 11.6 Å². The number of carbonyl (C=O) groups is 2. The number of nitrogens with one attached hydrogen (secondary N) is 2. The lowest BCUT2D eigenvalue weighted by Crippen LogP contribution is -2.42. The Morgan fingerprint density at radius 1 is 1.35 bits per heavy atom. The molecule has 1 atom stereocenters. The molecular weight excluding hydrogens is 358 g/mol. The molecule has 1 aliphatic heterocycles. The third-order valence-corrected chi connectivity index (χ3v) is 4.54. The van der Waals surface area contributed by atoms with Crippen molar-refractivity contribution in [3.63, 3.8) is 0 Å². The average Bonchev–Trinajstić information content (AvgIpc) is 2.61. The maximum Gasteiger partial charge on any atom is 0.321 e. The largest absolute Gasteiger partial charge is 0.480 e. The lowest BCUT2D eigenvalue weighted by Gasteiger charge is -2.26. The number of carboxylic acid groups (broad SMARTS) is 1. The van der Waals surface area contributed by atoms with Crippen LogP contribution in [-0.4, -0.2) is 67.3 Å². The molecule has 1 unspecified atom stereocenters. The Bertz CT molecular complexity index is 620. The summed E-state index contributed by atoms with van der Waals surface area (Å²) in [4.78, 5) is 25.9. The van der Waals surface area contributed by atoms with Crippen molar-refractivity contribution in [3.05, 3.63) is 28.8 Å². The molecule has 1 aromatic rings. The molecule has 0 aliphatic carbocycles. The topological polar surface area (TPSA) is 90.9 Å². The van der Waals surface area contributed by atoms with Crippen LogP contribution in [0, 0.1) is 6.92 Å². The molecule has 0 saturated carbocycles. The number of nitrogens with zero attached hydrogens (tertiary/aromatic N) is 1. The predicted molar refractivity (Wildman–Crippen MR) is 101 cm³/mol. The number of aliphatic carboxylic acids is 1. The highest BCUT2D eigenvalue weighted by atomic mass is 35.5. The normalized spacial score (nSPS) is 16.2. The van der Waals surface area contributed by atoms with Crippen molar-refractivity contribution in [1.82, 2.24) is 10.2 Å². The van der Waals surface area contributed by atoms with Crippen LogP contribution in [0.5, 0.6) is 0 Å². The molecule has 0 radical (unpaired) electrons. The van der Waals surface area contributed by atoms with Crippen molar-refractivity contribution >= 4 is 29.2 Å². The Morgan fingerprint density at radius 2 is 2.08 bits per heavy atom. The minimum absolute atomic E-state index is 0.140. The van der Waals surface area contributed by atoms with Gasteiger partial charge in [0, 0.05) is 23.8 Å². The number of hydrogen-bond acceptors (Lipinski definition) is 5. The molecule has 8 heteroatoms. The summed E-state index contributed by atoms with van der Waals surface area (Å²) in [5.41, 5.74) is 1.46. The van der Waals surface area contributed by atoms with Gasteiger partial charge in [0.25, 0.3) is 0 Å². The van der Waals surface area contributed by atoms with E-state index in [1.165, 1.54) is 0 Å². The van der Waals surface area contributed by atoms with Gasteiger partial charge in [0.05, 0.1) is 19.6 Å². The fourth-order valence-corrected chi connectivity index (χ4v) is 2.94. The molecule has 1 amide bonds. The van der Waals surface area contributed by atoms with E-state index >= 15 is 0 Å². The zero-order chi connectivity index (χ0) is 18.9. The number of carbonyl (C=O) groups excluding carboxylic acids is 1. The molecule has 1 heterocycles. The molecule has 1 aromatic carbocycles. The number of anilines is 1. The van der Waals surface area contributed by atoms with Gasteiger partial charge in [0.2, 0.25) is 5.91 Å². The van der Waals surface area contributed by atoms with Crippen LogP contribution in [0.4, 0.5) is 5.69 Å². The summed E-state index contributed by atoms with van der Waals surface area (Å²) in [5, 5.41) is 15.5. The number of aryl methyl sites for hydroxylation is 1. The zero-order valence-corrected chi connectivity index (χ0v) is 15.7. The molecule has 0 bridgehead atoms. The van der Waals surface area contributed by atoms with Gasteiger partial charge in [0.1, 0.15) is 6.04 Å². The van der Waals surface area contributed by atoms with Crippen molar-refractivity contribution < 1.29 is 19.4 Å². The number of amides is 1. The number of carboxylic acids is 1. The van der Waals surface area contributed by atoms with Gasteiger partial charge in [-0.3, -0.25) is 14.5 Å². The van der Waals surface area contributed by atoms with Gasteiger partial charge in [-0.2, -0.15) is 0 Å². The van der Waals surface area contributed by atoms with Crippen molar-refractivity contribution in [2.75, 3.05) is 44.7 Å². The second-order valence-electron chi connectivity index (χ2n) is 6.36. The number of rotatable bonds is 9. The van der Waals surface area contributed by atoms with Gasteiger partial charge >= 0.3 is 5.97 Å². The Kier molecular flexibility index (Phi) is 8.31. The van der Waals surface area contributed by atoms with Crippen LogP contribution in [0.1, 0.15) is 18.4 Å². The maximum atomic E-state index is 12.2. The molecule has 0 spiro atoms. The van der Waals surface area contributed by atoms with Crippen LogP contribution in [-0.2, 0) is 14.3 Å². The molecule has 1 aliphatic rings. The first-order chi connectivity index (χ1) is 12.5. The summed E-state index contributed by atoms with van der Waals surface area (Å²) < 4.78 is 5.30. The second kappa shape index (κ2) is 10.5. The van der Waals surface area contributed by atoms with E-state index in [-0.39, 0.29) is 12.3 Å². The molecule has 2 rings (SSSR count). The molecule has 0 aromatic heterocycles. The van der Waals surface area contributed by atoms with Gasteiger partial charge in [0.15, 0.2) is 0 Å². The molecule has 144 valence electrons. The third-order valence-electron chi connectivity index (χ3n) is 4.31. The fourth-order valence-electron chi connectivity index (χ4n) is 2.77. The minimum Gasteiger partial charge on any atom is -0.480 e. The molecule has 7 nitrogen and oxygen atoms in total. The lowest BCUT2D eigenvalue weighted by molar-refractivity contribution is -0.141. The maximum absolute atomic E-state index is 12.2. The highest BCUT2D eigenvalue weighted by molar-refractivity contribution is 6.31. The van der Waals surface area contributed by atoms with Gasteiger partial charge in [-0.1, -0.05) is 17.7 Å². The summed E-state index contributed by atoms with van der Waals surface area (Å²) in [5.74, 6) is -1.39. The summed E-state index contributed by atoms with van der Waals surface area (Å²) >= 11 is 5.94. The van der Waals surface area contributed by atoms with E-state index in [0.717, 1.165) is 44.8 Å². The zero-order valence-electron chi connectivity index (χ0n) is 15.0. The predicted octanol–water partition coefficient (Wildman–Crippen LogP) is 1.74. The van der Waals surface area contributed by atoms with Crippen LogP contribution in [0.25, 0.3) is 0 Å². The first-order valence-corrected chi connectivity index (χ1v) is 9.16. The van der Waals surface area contributed by atoms with E-state index in [4.69, 9.17) is 16.3 Å². The van der Waals surface area contributed by atoms with Gasteiger partial charge < -0.3 is 20.5 Å².